The Morgan fingerprint density at radius 1 is 1.00 bits per heavy atom. The number of methoxy groups -OCH3 is 1. The summed E-state index contributed by atoms with van der Waals surface area (Å²) in [5, 5.41) is 11.1. The molecule has 0 aromatic heterocycles. The predicted octanol–water partition coefficient (Wildman–Crippen LogP) is 10.3. The third-order valence-electron chi connectivity index (χ3n) is 8.71. The van der Waals surface area contributed by atoms with Crippen LogP contribution in [-0.2, 0) is 10.7 Å². The highest BCUT2D eigenvalue weighted by Gasteiger charge is 2.38. The molecule has 2 atom stereocenters. The maximum atomic E-state index is 14.7. The van der Waals surface area contributed by atoms with E-state index < -0.39 is 12.0 Å². The molecule has 2 amide bonds. The molecule has 3 aromatic rings. The van der Waals surface area contributed by atoms with Gasteiger partial charge in [0.05, 0.1) is 19.7 Å². The molecule has 1 heterocycles. The fourth-order valence-electron chi connectivity index (χ4n) is 5.82. The van der Waals surface area contributed by atoms with E-state index in [2.05, 4.69) is 11.9 Å². The van der Waals surface area contributed by atoms with Gasteiger partial charge in [-0.3, -0.25) is 9.69 Å². The molecule has 2 unspecified atom stereocenters. The summed E-state index contributed by atoms with van der Waals surface area (Å²) in [6.45, 7) is 22.1. The minimum atomic E-state index is -3.09. The van der Waals surface area contributed by atoms with Gasteiger partial charge in [-0.25, -0.2) is 18.0 Å². The highest BCUT2D eigenvalue weighted by molar-refractivity contribution is 5.87. The number of halogens is 3. The first-order valence-electron chi connectivity index (χ1n) is 18.7. The SMILES string of the molecule is C=C(c1ccc(C(C)(F)F)cc1OC)N(C(=O)N1CCC(NCC(C)=O)CC1)C(c1ccc(C)cc1)C(C)c1ccc(F)cc1.CC.CC.CCCO. The fourth-order valence-corrected chi connectivity index (χ4v) is 5.82. The minimum absolute atomic E-state index is 0.0486. The number of nitrogens with one attached hydrogen (secondary N) is 1. The summed E-state index contributed by atoms with van der Waals surface area (Å²) in [5.74, 6) is -3.57. The molecule has 0 aliphatic carbocycles. The van der Waals surface area contributed by atoms with Crippen molar-refractivity contribution in [2.75, 3.05) is 33.4 Å². The number of likely N-dealkylation sites (tertiary alicyclic amines) is 1. The molecule has 0 saturated carbocycles. The van der Waals surface area contributed by atoms with E-state index in [1.54, 1.807) is 21.9 Å². The number of ketones is 1. The quantitative estimate of drug-likeness (QED) is 0.193. The lowest BCUT2D eigenvalue weighted by Crippen LogP contribution is -2.51. The van der Waals surface area contributed by atoms with Gasteiger partial charge in [0, 0.05) is 55.4 Å². The van der Waals surface area contributed by atoms with Crippen LogP contribution in [0.3, 0.4) is 0 Å². The third kappa shape index (κ3) is 14.0. The van der Waals surface area contributed by atoms with Gasteiger partial charge in [0.2, 0.25) is 0 Å². The molecule has 4 rings (SSSR count). The number of benzene rings is 3. The molecule has 3 aromatic carbocycles. The Bertz CT molecular complexity index is 1530. The van der Waals surface area contributed by atoms with Gasteiger partial charge >= 0.3 is 6.03 Å². The van der Waals surface area contributed by atoms with E-state index in [-0.39, 0.29) is 47.4 Å². The molecule has 2 N–H and O–H groups in total. The van der Waals surface area contributed by atoms with Crippen molar-refractivity contribution in [3.05, 3.63) is 107 Å². The van der Waals surface area contributed by atoms with Gasteiger partial charge in [-0.1, -0.05) is 96.1 Å². The van der Waals surface area contributed by atoms with Crippen molar-refractivity contribution in [1.29, 1.82) is 0 Å². The lowest BCUT2D eigenvalue weighted by molar-refractivity contribution is -0.116. The van der Waals surface area contributed by atoms with Gasteiger partial charge in [-0.05, 0) is 68.5 Å². The van der Waals surface area contributed by atoms with Crippen molar-refractivity contribution in [3.63, 3.8) is 0 Å². The van der Waals surface area contributed by atoms with E-state index in [1.807, 2.05) is 72.7 Å². The number of Topliss-reactive ketones (excluding diaryl/α,β-unsaturated/α-hetero) is 1. The molecule has 0 bridgehead atoms. The molecule has 53 heavy (non-hydrogen) atoms. The van der Waals surface area contributed by atoms with Crippen molar-refractivity contribution < 1.29 is 32.6 Å². The summed E-state index contributed by atoms with van der Waals surface area (Å²) in [7, 11) is 1.40. The van der Waals surface area contributed by atoms with Crippen molar-refractivity contribution in [2.24, 2.45) is 0 Å². The molecule has 0 radical (unpaired) electrons. The van der Waals surface area contributed by atoms with Crippen LogP contribution in [0.5, 0.6) is 5.75 Å². The van der Waals surface area contributed by atoms with Crippen molar-refractivity contribution >= 4 is 17.5 Å². The number of alkyl halides is 2. The van der Waals surface area contributed by atoms with Gasteiger partial charge in [-0.15, -0.1) is 0 Å². The Morgan fingerprint density at radius 3 is 2.00 bits per heavy atom. The Morgan fingerprint density at radius 2 is 1.53 bits per heavy atom. The number of urea groups is 1. The molecular formula is C43H62F3N3O4. The average molecular weight is 742 g/mol. The van der Waals surface area contributed by atoms with Crippen LogP contribution >= 0.6 is 0 Å². The predicted molar refractivity (Wildman–Crippen MR) is 211 cm³/mol. The zero-order chi connectivity index (χ0) is 40.3. The fraction of sp³-hybridized carbons (Fsp3) is 0.488. The van der Waals surface area contributed by atoms with Crippen molar-refractivity contribution in [1.82, 2.24) is 15.1 Å². The first kappa shape index (κ1) is 46.9. The number of carbonyl (C=O) groups excluding carboxylic acids is 2. The van der Waals surface area contributed by atoms with Crippen LogP contribution in [0.15, 0.2) is 73.3 Å². The van der Waals surface area contributed by atoms with Gasteiger partial charge in [0.1, 0.15) is 17.3 Å². The number of aryl methyl sites for hydroxylation is 1. The molecule has 1 saturated heterocycles. The maximum Gasteiger partial charge on any atom is 0.325 e. The van der Waals surface area contributed by atoms with Gasteiger partial charge in [-0.2, -0.15) is 0 Å². The maximum absolute atomic E-state index is 14.7. The van der Waals surface area contributed by atoms with Crippen LogP contribution in [0.25, 0.3) is 5.70 Å². The Kier molecular flexibility index (Phi) is 20.8. The molecule has 10 heteroatoms. The Balaban J connectivity index is 0.00000162. The second-order valence-corrected chi connectivity index (χ2v) is 12.7. The smallest absolute Gasteiger partial charge is 0.325 e. The number of hydrogen-bond acceptors (Lipinski definition) is 5. The first-order valence-corrected chi connectivity index (χ1v) is 18.7. The monoisotopic (exact) mass is 741 g/mol. The summed E-state index contributed by atoms with van der Waals surface area (Å²) in [6, 6.07) is 17.4. The highest BCUT2D eigenvalue weighted by Crippen LogP contribution is 2.43. The lowest BCUT2D eigenvalue weighted by Gasteiger charge is -2.42. The van der Waals surface area contributed by atoms with E-state index in [9.17, 15) is 22.8 Å². The van der Waals surface area contributed by atoms with Crippen molar-refractivity contribution in [3.8, 4) is 5.75 Å². The standard InChI is InChI=1S/C36H42F3N3O3.C3H8O.2C2H6/c1-23-7-9-28(10-8-23)34(25(3)27-11-14-30(37)15-12-27)42(35(44)41-19-17-31(18-20-41)40-22-24(2)43)26(4)32-16-13-29(36(5,38)39)21-33(32)45-6;1-2-3-4;2*1-2/h7-16,21,25,31,34,40H,4,17-20,22H2,1-3,5-6H3;4H,2-3H2,1H3;2*1-2H3. The summed E-state index contributed by atoms with van der Waals surface area (Å²) < 4.78 is 48.1. The topological polar surface area (TPSA) is 82.1 Å². The zero-order valence-electron chi connectivity index (χ0n) is 33.4. The second kappa shape index (κ2) is 23.5. The molecule has 1 aliphatic rings. The van der Waals surface area contributed by atoms with E-state index in [0.717, 1.165) is 30.0 Å². The number of nitrogens with zero attached hydrogens (tertiary/aromatic N) is 2. The third-order valence-corrected chi connectivity index (χ3v) is 8.71. The molecule has 7 nitrogen and oxygen atoms in total. The first-order chi connectivity index (χ1) is 25.2. The van der Waals surface area contributed by atoms with E-state index in [1.165, 1.54) is 44.4 Å². The molecule has 0 spiro atoms. The van der Waals surface area contributed by atoms with E-state index >= 15 is 0 Å². The minimum Gasteiger partial charge on any atom is -0.496 e. The summed E-state index contributed by atoms with van der Waals surface area (Å²) in [6.07, 6.45) is 2.19. The van der Waals surface area contributed by atoms with Crippen LogP contribution in [-0.4, -0.2) is 66.1 Å². The van der Waals surface area contributed by atoms with Crippen molar-refractivity contribution in [2.45, 2.75) is 106 Å². The van der Waals surface area contributed by atoms with Crippen LogP contribution in [0.4, 0.5) is 18.0 Å². The number of aliphatic hydroxyl groups is 1. The van der Waals surface area contributed by atoms with Gasteiger partial charge in [0.15, 0.2) is 0 Å². The summed E-state index contributed by atoms with van der Waals surface area (Å²) in [5.41, 5.74) is 3.16. The van der Waals surface area contributed by atoms with Gasteiger partial charge in [0.25, 0.3) is 5.92 Å². The van der Waals surface area contributed by atoms with Crippen LogP contribution in [0.2, 0.25) is 0 Å². The number of rotatable bonds is 12. The van der Waals surface area contributed by atoms with Crippen LogP contribution < -0.4 is 10.1 Å². The van der Waals surface area contributed by atoms with Crippen LogP contribution in [0.1, 0.15) is 114 Å². The molecule has 294 valence electrons. The number of aliphatic hydroxyl groups excluding tert-OH is 1. The second-order valence-electron chi connectivity index (χ2n) is 12.7. The normalized spacial score (nSPS) is 13.8. The van der Waals surface area contributed by atoms with Crippen LogP contribution in [0, 0.1) is 12.7 Å². The molecular weight excluding hydrogens is 679 g/mol. The molecule has 1 aliphatic heterocycles. The molecule has 1 fully saturated rings. The summed E-state index contributed by atoms with van der Waals surface area (Å²) >= 11 is 0. The Labute approximate surface area is 316 Å². The number of hydrogen-bond donors (Lipinski definition) is 2. The van der Waals surface area contributed by atoms with Gasteiger partial charge < -0.3 is 20.1 Å². The number of ether oxygens (including phenoxy) is 1. The number of carbonyl (C=O) groups is 2. The largest absolute Gasteiger partial charge is 0.496 e. The van der Waals surface area contributed by atoms with E-state index in [0.29, 0.717) is 43.8 Å². The number of piperidine rings is 1. The highest BCUT2D eigenvalue weighted by atomic mass is 19.3. The lowest BCUT2D eigenvalue weighted by atomic mass is 9.86. The summed E-state index contributed by atoms with van der Waals surface area (Å²) in [4.78, 5) is 29.6. The zero-order valence-corrected chi connectivity index (χ0v) is 33.4. The Hall–Kier alpha value is -4.15. The van der Waals surface area contributed by atoms with E-state index in [4.69, 9.17) is 9.84 Å². The average Bonchev–Trinajstić information content (AvgIpc) is 3.17. The number of amides is 2.